The number of carbonyl (C=O) groups excluding carboxylic acids is 1. The van der Waals surface area contributed by atoms with Gasteiger partial charge in [0.2, 0.25) is 0 Å². The maximum Gasteiger partial charge on any atom is 0.407 e. The van der Waals surface area contributed by atoms with Gasteiger partial charge in [-0.25, -0.2) is 4.79 Å². The standard InChI is InChI=1S/C19H29BrN2O2/c1-13-9-15(10-14(2)17(13)20)11-22-8-6-7-16(12-22)21-18(23)24-19(3,4)5/h9-10,16H,6-8,11-12H2,1-5H3,(H,21,23)/t16-/m1/s1. The van der Waals surface area contributed by atoms with Crippen molar-refractivity contribution in [3.8, 4) is 0 Å². The Labute approximate surface area is 154 Å². The molecule has 0 aromatic heterocycles. The fraction of sp³-hybridized carbons (Fsp3) is 0.632. The molecule has 134 valence electrons. The molecule has 2 rings (SSSR count). The summed E-state index contributed by atoms with van der Waals surface area (Å²) < 4.78 is 6.55. The van der Waals surface area contributed by atoms with Gasteiger partial charge in [0.05, 0.1) is 0 Å². The van der Waals surface area contributed by atoms with E-state index in [0.29, 0.717) is 0 Å². The van der Waals surface area contributed by atoms with Crippen molar-refractivity contribution in [2.24, 2.45) is 0 Å². The molecule has 1 heterocycles. The molecule has 24 heavy (non-hydrogen) atoms. The lowest BCUT2D eigenvalue weighted by Gasteiger charge is -2.33. The van der Waals surface area contributed by atoms with Crippen LogP contribution in [-0.2, 0) is 11.3 Å². The number of benzene rings is 1. The number of hydrogen-bond acceptors (Lipinski definition) is 3. The highest BCUT2D eigenvalue weighted by atomic mass is 79.9. The smallest absolute Gasteiger partial charge is 0.407 e. The quantitative estimate of drug-likeness (QED) is 0.813. The van der Waals surface area contributed by atoms with Gasteiger partial charge < -0.3 is 10.1 Å². The number of carbonyl (C=O) groups is 1. The van der Waals surface area contributed by atoms with Crippen molar-refractivity contribution in [3.63, 3.8) is 0 Å². The minimum atomic E-state index is -0.453. The third-order valence-corrected chi connectivity index (χ3v) is 5.38. The van der Waals surface area contributed by atoms with Gasteiger partial charge in [0, 0.05) is 23.6 Å². The highest BCUT2D eigenvalue weighted by molar-refractivity contribution is 9.10. The number of ether oxygens (including phenoxy) is 1. The molecule has 0 spiro atoms. The van der Waals surface area contributed by atoms with Crippen LogP contribution in [-0.4, -0.2) is 35.7 Å². The van der Waals surface area contributed by atoms with Crippen LogP contribution in [0.1, 0.15) is 50.3 Å². The molecule has 1 atom stereocenters. The highest BCUT2D eigenvalue weighted by Crippen LogP contribution is 2.24. The second-order valence-electron chi connectivity index (χ2n) is 7.76. The number of aryl methyl sites for hydroxylation is 2. The van der Waals surface area contributed by atoms with Crippen LogP contribution >= 0.6 is 15.9 Å². The number of hydrogen-bond donors (Lipinski definition) is 1. The highest BCUT2D eigenvalue weighted by Gasteiger charge is 2.24. The molecule has 1 saturated heterocycles. The molecule has 1 fully saturated rings. The number of piperidine rings is 1. The zero-order valence-electron chi connectivity index (χ0n) is 15.4. The topological polar surface area (TPSA) is 41.6 Å². The first-order valence-electron chi connectivity index (χ1n) is 8.61. The molecular formula is C19H29BrN2O2. The molecule has 0 bridgehead atoms. The van der Waals surface area contributed by atoms with Crippen LogP contribution in [0.4, 0.5) is 4.79 Å². The molecule has 1 aromatic carbocycles. The number of amides is 1. The lowest BCUT2D eigenvalue weighted by atomic mass is 10.0. The van der Waals surface area contributed by atoms with E-state index in [0.717, 1.165) is 32.5 Å². The molecule has 0 aliphatic carbocycles. The summed E-state index contributed by atoms with van der Waals surface area (Å²) in [7, 11) is 0. The molecule has 0 radical (unpaired) electrons. The molecule has 0 unspecified atom stereocenters. The minimum Gasteiger partial charge on any atom is -0.444 e. The van der Waals surface area contributed by atoms with Gasteiger partial charge in [-0.05, 0) is 70.7 Å². The van der Waals surface area contributed by atoms with E-state index in [-0.39, 0.29) is 12.1 Å². The molecule has 0 saturated carbocycles. The van der Waals surface area contributed by atoms with Gasteiger partial charge in [0.15, 0.2) is 0 Å². The Bertz CT molecular complexity index is 573. The van der Waals surface area contributed by atoms with E-state index >= 15 is 0 Å². The summed E-state index contributed by atoms with van der Waals surface area (Å²) in [6.45, 7) is 12.8. The maximum absolute atomic E-state index is 12.0. The van der Waals surface area contributed by atoms with Gasteiger partial charge in [-0.2, -0.15) is 0 Å². The predicted octanol–water partition coefficient (Wildman–Crippen LogP) is 4.56. The lowest BCUT2D eigenvalue weighted by molar-refractivity contribution is 0.0470. The number of likely N-dealkylation sites (tertiary alicyclic amines) is 1. The van der Waals surface area contributed by atoms with Crippen LogP contribution in [0.25, 0.3) is 0 Å². The number of halogens is 1. The fourth-order valence-electron chi connectivity index (χ4n) is 3.18. The van der Waals surface area contributed by atoms with Crippen molar-refractivity contribution in [1.82, 2.24) is 10.2 Å². The minimum absolute atomic E-state index is 0.159. The number of nitrogens with one attached hydrogen (secondary N) is 1. The molecule has 4 nitrogen and oxygen atoms in total. The van der Waals surface area contributed by atoms with Crippen molar-refractivity contribution < 1.29 is 9.53 Å². The van der Waals surface area contributed by atoms with E-state index in [2.05, 4.69) is 52.1 Å². The van der Waals surface area contributed by atoms with Gasteiger partial charge in [-0.3, -0.25) is 4.90 Å². The Morgan fingerprint density at radius 2 is 1.96 bits per heavy atom. The Morgan fingerprint density at radius 1 is 1.33 bits per heavy atom. The van der Waals surface area contributed by atoms with E-state index in [4.69, 9.17) is 4.74 Å². The zero-order chi connectivity index (χ0) is 17.9. The second kappa shape index (κ2) is 7.87. The fourth-order valence-corrected chi connectivity index (χ4v) is 3.41. The van der Waals surface area contributed by atoms with Gasteiger partial charge in [0.1, 0.15) is 5.60 Å². The van der Waals surface area contributed by atoms with Crippen molar-refractivity contribution in [1.29, 1.82) is 0 Å². The van der Waals surface area contributed by atoms with Crippen molar-refractivity contribution in [2.45, 2.75) is 65.6 Å². The largest absolute Gasteiger partial charge is 0.444 e. The molecular weight excluding hydrogens is 368 g/mol. The summed E-state index contributed by atoms with van der Waals surface area (Å²) in [6.07, 6.45) is 1.79. The van der Waals surface area contributed by atoms with Gasteiger partial charge in [0.25, 0.3) is 0 Å². The van der Waals surface area contributed by atoms with E-state index < -0.39 is 5.60 Å². The Balaban J connectivity index is 1.92. The lowest BCUT2D eigenvalue weighted by Crippen LogP contribution is -2.48. The van der Waals surface area contributed by atoms with Crippen LogP contribution in [0.2, 0.25) is 0 Å². The normalized spacial score (nSPS) is 19.2. The average molecular weight is 397 g/mol. The van der Waals surface area contributed by atoms with Gasteiger partial charge in [-0.1, -0.05) is 28.1 Å². The summed E-state index contributed by atoms with van der Waals surface area (Å²) in [5, 5.41) is 3.01. The van der Waals surface area contributed by atoms with Crippen LogP contribution in [0.5, 0.6) is 0 Å². The van der Waals surface area contributed by atoms with Crippen molar-refractivity contribution in [3.05, 3.63) is 33.3 Å². The van der Waals surface area contributed by atoms with E-state index in [9.17, 15) is 4.79 Å². The van der Waals surface area contributed by atoms with Gasteiger partial charge >= 0.3 is 6.09 Å². The summed E-state index contributed by atoms with van der Waals surface area (Å²) in [4.78, 5) is 14.4. The second-order valence-corrected chi connectivity index (χ2v) is 8.56. The SMILES string of the molecule is Cc1cc(CN2CCC[C@@H](NC(=O)OC(C)(C)C)C2)cc(C)c1Br. The predicted molar refractivity (Wildman–Crippen MR) is 101 cm³/mol. The monoisotopic (exact) mass is 396 g/mol. The third-order valence-electron chi connectivity index (χ3n) is 4.13. The Morgan fingerprint density at radius 3 is 2.54 bits per heavy atom. The summed E-state index contributed by atoms with van der Waals surface area (Å²) in [5.41, 5.74) is 3.41. The first kappa shape index (κ1) is 19.3. The summed E-state index contributed by atoms with van der Waals surface area (Å²) >= 11 is 3.62. The van der Waals surface area contributed by atoms with Crippen molar-refractivity contribution in [2.75, 3.05) is 13.1 Å². The first-order valence-corrected chi connectivity index (χ1v) is 9.41. The average Bonchev–Trinajstić information content (AvgIpc) is 2.43. The number of rotatable bonds is 3. The zero-order valence-corrected chi connectivity index (χ0v) is 17.0. The maximum atomic E-state index is 12.0. The molecule has 1 N–H and O–H groups in total. The molecule has 1 aliphatic heterocycles. The molecule has 5 heteroatoms. The summed E-state index contributed by atoms with van der Waals surface area (Å²) in [5.74, 6) is 0. The molecule has 1 aliphatic rings. The Hall–Kier alpha value is -1.07. The summed E-state index contributed by atoms with van der Waals surface area (Å²) in [6, 6.07) is 4.63. The van der Waals surface area contributed by atoms with E-state index in [1.807, 2.05) is 20.8 Å². The van der Waals surface area contributed by atoms with Gasteiger partial charge in [-0.15, -0.1) is 0 Å². The Kier molecular flexibility index (Phi) is 6.32. The van der Waals surface area contributed by atoms with Crippen LogP contribution in [0, 0.1) is 13.8 Å². The van der Waals surface area contributed by atoms with Crippen LogP contribution in [0.3, 0.4) is 0 Å². The van der Waals surface area contributed by atoms with Crippen LogP contribution in [0.15, 0.2) is 16.6 Å². The van der Waals surface area contributed by atoms with E-state index in [1.54, 1.807) is 0 Å². The van der Waals surface area contributed by atoms with E-state index in [1.165, 1.54) is 21.2 Å². The number of alkyl carbamates (subject to hydrolysis) is 1. The first-order chi connectivity index (χ1) is 11.1. The number of nitrogens with zero attached hydrogens (tertiary/aromatic N) is 1. The van der Waals surface area contributed by atoms with Crippen LogP contribution < -0.4 is 5.32 Å². The molecule has 1 amide bonds. The third kappa shape index (κ3) is 5.78. The van der Waals surface area contributed by atoms with Crippen molar-refractivity contribution >= 4 is 22.0 Å². The molecule has 1 aromatic rings.